The van der Waals surface area contributed by atoms with Crippen molar-refractivity contribution in [2.45, 2.75) is 0 Å². The zero-order valence-electron chi connectivity index (χ0n) is 43.7. The van der Waals surface area contributed by atoms with Gasteiger partial charge in [-0.2, -0.15) is 0 Å². The third-order valence-electron chi connectivity index (χ3n) is 16.4. The third-order valence-corrected chi connectivity index (χ3v) is 16.4. The molecule has 0 aliphatic carbocycles. The Labute approximate surface area is 463 Å². The Kier molecular flexibility index (Phi) is 10.5. The zero-order chi connectivity index (χ0) is 52.7. The van der Waals surface area contributed by atoms with Gasteiger partial charge in [0.2, 0.25) is 0 Å². The summed E-state index contributed by atoms with van der Waals surface area (Å²) in [6, 6.07) is 111. The quantitative estimate of drug-likeness (QED) is 0.120. The molecule has 0 radical (unpaired) electrons. The molecule has 0 aliphatic heterocycles. The number of rotatable bonds is 11. The highest BCUT2D eigenvalue weighted by Crippen LogP contribution is 2.49. The number of aromatic nitrogens is 2. The Morgan fingerprint density at radius 3 is 0.838 bits per heavy atom. The van der Waals surface area contributed by atoms with Crippen LogP contribution in [-0.2, 0) is 0 Å². The van der Waals surface area contributed by atoms with E-state index in [0.717, 1.165) is 56.6 Å². The molecule has 16 rings (SSSR count). The van der Waals surface area contributed by atoms with Crippen LogP contribution >= 0.6 is 0 Å². The van der Waals surface area contributed by atoms with Crippen molar-refractivity contribution in [2.75, 3.05) is 9.80 Å². The van der Waals surface area contributed by atoms with Gasteiger partial charge in [-0.15, -0.1) is 0 Å². The van der Waals surface area contributed by atoms with Crippen LogP contribution in [-0.4, -0.2) is 9.13 Å². The summed E-state index contributed by atoms with van der Waals surface area (Å²) in [4.78, 5) is 4.86. The van der Waals surface area contributed by atoms with E-state index in [1.165, 1.54) is 87.4 Å². The Hall–Kier alpha value is -10.7. The third kappa shape index (κ3) is 7.31. The minimum absolute atomic E-state index is 1.08. The Balaban J connectivity index is 0.807. The first-order valence-corrected chi connectivity index (χ1v) is 27.5. The molecule has 14 aromatic carbocycles. The standard InChI is InChI=1S/C76H50N4/c1-5-15-51(16-6-1)53-27-37-61(38-28-53)77(67-47-49-71-75-65(67)45-35-57-19-13-25-69(73(57)75)79(71)59-21-9-3-10-22-59)63-41-31-55(32-42-63)56-33-43-64(44-34-56)78(62-39-29-54(30-40-62)52-17-7-2-8-18-52)68-48-50-72-76-66(68)46-36-58-20-14-26-70(74(58)76)80(72)60-23-11-4-12-24-60/h1-50H. The normalized spacial score (nSPS) is 11.8. The van der Waals surface area contributed by atoms with Crippen molar-refractivity contribution >= 4 is 99.3 Å². The van der Waals surface area contributed by atoms with E-state index in [1.807, 2.05) is 0 Å². The summed E-state index contributed by atoms with van der Waals surface area (Å²) in [5.74, 6) is 0. The van der Waals surface area contributed by atoms with E-state index in [4.69, 9.17) is 0 Å². The number of nitrogens with zero attached hydrogens (tertiary/aromatic N) is 4. The maximum absolute atomic E-state index is 2.43. The molecule has 0 N–H and O–H groups in total. The molecule has 0 fully saturated rings. The number of anilines is 6. The molecule has 0 unspecified atom stereocenters. The van der Waals surface area contributed by atoms with Crippen molar-refractivity contribution in [3.8, 4) is 44.8 Å². The molecule has 0 bridgehead atoms. The molecule has 16 aromatic rings. The molecule has 2 heterocycles. The van der Waals surface area contributed by atoms with E-state index in [2.05, 4.69) is 322 Å². The van der Waals surface area contributed by atoms with Gasteiger partial charge in [0, 0.05) is 66.4 Å². The fraction of sp³-hybridized carbons (Fsp3) is 0. The molecule has 4 nitrogen and oxygen atoms in total. The average Bonchev–Trinajstić information content (AvgIpc) is 4.08. The summed E-state index contributed by atoms with van der Waals surface area (Å²) in [7, 11) is 0. The van der Waals surface area contributed by atoms with E-state index >= 15 is 0 Å². The molecule has 80 heavy (non-hydrogen) atoms. The highest BCUT2D eigenvalue weighted by Gasteiger charge is 2.25. The second-order valence-corrected chi connectivity index (χ2v) is 20.9. The molecule has 0 spiro atoms. The Morgan fingerprint density at radius 2 is 0.500 bits per heavy atom. The molecule has 0 amide bonds. The van der Waals surface area contributed by atoms with Gasteiger partial charge in [0.1, 0.15) is 0 Å². The second-order valence-electron chi connectivity index (χ2n) is 20.9. The van der Waals surface area contributed by atoms with Gasteiger partial charge in [-0.3, -0.25) is 0 Å². The molecule has 4 heteroatoms. The molecular formula is C76H50N4. The first-order valence-electron chi connectivity index (χ1n) is 27.5. The van der Waals surface area contributed by atoms with Crippen molar-refractivity contribution in [1.82, 2.24) is 9.13 Å². The van der Waals surface area contributed by atoms with Crippen LogP contribution in [0.4, 0.5) is 34.1 Å². The van der Waals surface area contributed by atoms with Gasteiger partial charge in [0.15, 0.2) is 0 Å². The lowest BCUT2D eigenvalue weighted by molar-refractivity contribution is 1.18. The Bertz CT molecular complexity index is 4560. The van der Waals surface area contributed by atoms with Crippen molar-refractivity contribution in [2.24, 2.45) is 0 Å². The molecular weight excluding hydrogens is 969 g/mol. The summed E-state index contributed by atoms with van der Waals surface area (Å²) in [5.41, 5.74) is 20.8. The van der Waals surface area contributed by atoms with Gasteiger partial charge < -0.3 is 18.9 Å². The van der Waals surface area contributed by atoms with E-state index in [-0.39, 0.29) is 0 Å². The van der Waals surface area contributed by atoms with Crippen LogP contribution in [0.15, 0.2) is 303 Å². The molecule has 0 saturated carbocycles. The summed E-state index contributed by atoms with van der Waals surface area (Å²) in [6.07, 6.45) is 0. The van der Waals surface area contributed by atoms with Crippen LogP contribution in [0.5, 0.6) is 0 Å². The maximum Gasteiger partial charge on any atom is 0.0548 e. The Morgan fingerprint density at radius 1 is 0.200 bits per heavy atom. The van der Waals surface area contributed by atoms with Crippen LogP contribution in [0.2, 0.25) is 0 Å². The molecule has 0 atom stereocenters. The van der Waals surface area contributed by atoms with Crippen LogP contribution < -0.4 is 9.80 Å². The lowest BCUT2D eigenvalue weighted by atomic mass is 9.99. The van der Waals surface area contributed by atoms with Crippen LogP contribution in [0.3, 0.4) is 0 Å². The fourth-order valence-electron chi connectivity index (χ4n) is 12.8. The van der Waals surface area contributed by atoms with Gasteiger partial charge in [-0.05, 0) is 153 Å². The second kappa shape index (κ2) is 18.5. The van der Waals surface area contributed by atoms with Crippen molar-refractivity contribution in [3.05, 3.63) is 303 Å². The largest absolute Gasteiger partial charge is 0.310 e. The molecule has 374 valence electrons. The van der Waals surface area contributed by atoms with Gasteiger partial charge in [-0.1, -0.05) is 194 Å². The highest BCUT2D eigenvalue weighted by atomic mass is 15.2. The average molecular weight is 1020 g/mol. The minimum Gasteiger partial charge on any atom is -0.310 e. The van der Waals surface area contributed by atoms with Gasteiger partial charge in [-0.25, -0.2) is 0 Å². The van der Waals surface area contributed by atoms with E-state index < -0.39 is 0 Å². The lowest BCUT2D eigenvalue weighted by Crippen LogP contribution is -2.11. The lowest BCUT2D eigenvalue weighted by Gasteiger charge is -2.28. The van der Waals surface area contributed by atoms with Crippen molar-refractivity contribution < 1.29 is 0 Å². The van der Waals surface area contributed by atoms with E-state index in [1.54, 1.807) is 0 Å². The SMILES string of the molecule is c1ccc(-c2ccc(N(c3ccc(-c4ccc(N(c5ccc(-c6ccccc6)cc5)c5ccc6c7c5ccc5cccc(c57)n6-c5ccccc5)cc4)cc3)c3ccc4c5c3ccc3cccc(c35)n4-c3ccccc3)cc2)cc1. The summed E-state index contributed by atoms with van der Waals surface area (Å²) < 4.78 is 4.83. The smallest absolute Gasteiger partial charge is 0.0548 e. The van der Waals surface area contributed by atoms with E-state index in [0.29, 0.717) is 0 Å². The zero-order valence-corrected chi connectivity index (χ0v) is 43.7. The number of hydrogen-bond acceptors (Lipinski definition) is 2. The number of para-hydroxylation sites is 2. The van der Waals surface area contributed by atoms with Gasteiger partial charge >= 0.3 is 0 Å². The highest BCUT2D eigenvalue weighted by molar-refractivity contribution is 6.28. The van der Waals surface area contributed by atoms with Gasteiger partial charge in [0.05, 0.1) is 33.4 Å². The molecule has 0 saturated heterocycles. The molecule has 2 aromatic heterocycles. The van der Waals surface area contributed by atoms with E-state index in [9.17, 15) is 0 Å². The predicted octanol–water partition coefficient (Wildman–Crippen LogP) is 21.0. The van der Waals surface area contributed by atoms with Crippen LogP contribution in [0.1, 0.15) is 0 Å². The molecule has 0 aliphatic rings. The van der Waals surface area contributed by atoms with Crippen molar-refractivity contribution in [1.29, 1.82) is 0 Å². The minimum atomic E-state index is 1.08. The topological polar surface area (TPSA) is 16.3 Å². The maximum atomic E-state index is 2.43. The number of benzene rings is 14. The summed E-state index contributed by atoms with van der Waals surface area (Å²) in [5, 5.41) is 10.0. The van der Waals surface area contributed by atoms with Gasteiger partial charge in [0.25, 0.3) is 0 Å². The van der Waals surface area contributed by atoms with Crippen LogP contribution in [0, 0.1) is 0 Å². The van der Waals surface area contributed by atoms with Crippen LogP contribution in [0.25, 0.3) is 110 Å². The number of hydrogen-bond donors (Lipinski definition) is 0. The fourth-order valence-corrected chi connectivity index (χ4v) is 12.8. The monoisotopic (exact) mass is 1020 g/mol. The summed E-state index contributed by atoms with van der Waals surface area (Å²) >= 11 is 0. The first kappa shape index (κ1) is 45.5. The summed E-state index contributed by atoms with van der Waals surface area (Å²) in [6.45, 7) is 0. The first-order chi connectivity index (χ1) is 39.7. The predicted molar refractivity (Wildman–Crippen MR) is 338 cm³/mol. The van der Waals surface area contributed by atoms with Crippen molar-refractivity contribution in [3.63, 3.8) is 0 Å².